The van der Waals surface area contributed by atoms with Crippen molar-refractivity contribution in [3.63, 3.8) is 0 Å². The number of fused-ring (bicyclic) bond motifs is 1. The van der Waals surface area contributed by atoms with Crippen LogP contribution in [0.5, 0.6) is 0 Å². The van der Waals surface area contributed by atoms with Gasteiger partial charge in [0.05, 0.1) is 11.2 Å². The number of rotatable bonds is 11. The fourth-order valence-corrected chi connectivity index (χ4v) is 4.73. The predicted octanol–water partition coefficient (Wildman–Crippen LogP) is 3.47. The minimum atomic E-state index is -4.52. The summed E-state index contributed by atoms with van der Waals surface area (Å²) < 4.78 is 49.8. The molecule has 0 radical (unpaired) electrons. The highest BCUT2D eigenvalue weighted by Gasteiger charge is 2.40. The Hall–Kier alpha value is -4.11. The van der Waals surface area contributed by atoms with Gasteiger partial charge in [0.2, 0.25) is 11.8 Å². The normalized spacial score (nSPS) is 15.4. The number of anilines is 1. The van der Waals surface area contributed by atoms with Gasteiger partial charge in [-0.05, 0) is 94.7 Å². The summed E-state index contributed by atoms with van der Waals surface area (Å²) in [7, 11) is -1.23. The number of carboxylic acids is 1. The predicted molar refractivity (Wildman–Crippen MR) is 159 cm³/mol. The Morgan fingerprint density at radius 2 is 1.58 bits per heavy atom. The lowest BCUT2D eigenvalue weighted by Gasteiger charge is -2.25. The number of aryl methyl sites for hydroxylation is 1. The van der Waals surface area contributed by atoms with E-state index >= 15 is 0 Å². The van der Waals surface area contributed by atoms with Crippen molar-refractivity contribution < 1.29 is 51.9 Å². The fourth-order valence-electron chi connectivity index (χ4n) is 4.73. The van der Waals surface area contributed by atoms with E-state index in [1.54, 1.807) is 46.8 Å². The van der Waals surface area contributed by atoms with Crippen molar-refractivity contribution in [1.82, 2.24) is 10.6 Å². The van der Waals surface area contributed by atoms with Crippen LogP contribution in [-0.2, 0) is 42.0 Å². The molecule has 3 rings (SSSR count). The highest BCUT2D eigenvalue weighted by molar-refractivity contribution is 6.62. The van der Waals surface area contributed by atoms with E-state index in [2.05, 4.69) is 16.0 Å². The summed E-state index contributed by atoms with van der Waals surface area (Å²) in [5.41, 5.74) is -0.610. The first-order chi connectivity index (χ1) is 20.7. The lowest BCUT2D eigenvalue weighted by molar-refractivity contribution is -0.138. The first-order valence-corrected chi connectivity index (χ1v) is 14.2. The molecule has 0 fully saturated rings. The van der Waals surface area contributed by atoms with E-state index in [9.17, 15) is 37.4 Å². The Kier molecular flexibility index (Phi) is 10.9. The van der Waals surface area contributed by atoms with Crippen molar-refractivity contribution in [1.29, 1.82) is 0 Å². The van der Waals surface area contributed by atoms with Gasteiger partial charge in [0.1, 0.15) is 17.7 Å². The number of halogens is 3. The van der Waals surface area contributed by atoms with Gasteiger partial charge in [-0.1, -0.05) is 18.2 Å². The number of carboxylic acid groups (broad SMARTS) is 1. The quantitative estimate of drug-likeness (QED) is 0.235. The molecule has 0 saturated carbocycles. The number of amides is 3. The minimum Gasteiger partial charge on any atom is -0.481 e. The van der Waals surface area contributed by atoms with Gasteiger partial charge in [-0.25, -0.2) is 4.79 Å². The molecule has 0 spiro atoms. The zero-order valence-corrected chi connectivity index (χ0v) is 25.6. The molecule has 2 aromatic rings. The van der Waals surface area contributed by atoms with Crippen molar-refractivity contribution in [3.05, 3.63) is 59.2 Å². The second-order valence-corrected chi connectivity index (χ2v) is 12.2. The summed E-state index contributed by atoms with van der Waals surface area (Å²) in [5, 5.41) is 27.0. The molecular weight excluding hydrogens is 598 g/mol. The molecule has 0 saturated heterocycles. The van der Waals surface area contributed by atoms with Gasteiger partial charge in [-0.3, -0.25) is 14.4 Å². The molecule has 11 nitrogen and oxygen atoms in total. The Morgan fingerprint density at radius 1 is 0.956 bits per heavy atom. The third-order valence-electron chi connectivity index (χ3n) is 6.93. The number of carbonyl (C=O) groups excluding carboxylic acids is 3. The van der Waals surface area contributed by atoms with Crippen LogP contribution >= 0.6 is 0 Å². The van der Waals surface area contributed by atoms with Crippen LogP contribution in [0.2, 0.25) is 0 Å². The third-order valence-corrected chi connectivity index (χ3v) is 6.93. The highest BCUT2D eigenvalue weighted by Crippen LogP contribution is 2.31. The van der Waals surface area contributed by atoms with Crippen molar-refractivity contribution in [2.45, 2.75) is 89.8 Å². The monoisotopic (exact) mass is 635 g/mol. The molecule has 3 amide bonds. The molecule has 2 atom stereocenters. The molecule has 45 heavy (non-hydrogen) atoms. The van der Waals surface area contributed by atoms with Crippen molar-refractivity contribution >= 4 is 42.1 Å². The molecule has 1 aliphatic heterocycles. The number of hydrogen-bond acceptors (Lipinski definition) is 7. The maximum absolute atomic E-state index is 13.5. The average Bonchev–Trinajstić information content (AvgIpc) is 3.14. The summed E-state index contributed by atoms with van der Waals surface area (Å²) in [6.07, 6.45) is -6.27. The van der Waals surface area contributed by atoms with Crippen LogP contribution in [0, 0.1) is 0 Å². The first kappa shape index (κ1) is 35.4. The molecule has 2 aromatic carbocycles. The first-order valence-electron chi connectivity index (χ1n) is 14.2. The Balaban J connectivity index is 1.83. The zero-order valence-electron chi connectivity index (χ0n) is 25.6. The largest absolute Gasteiger partial charge is 0.492 e. The van der Waals surface area contributed by atoms with Crippen molar-refractivity contribution in [2.24, 2.45) is 0 Å². The Morgan fingerprint density at radius 3 is 2.16 bits per heavy atom. The molecule has 1 heterocycles. The van der Waals surface area contributed by atoms with E-state index in [0.29, 0.717) is 11.0 Å². The topological polar surface area (TPSA) is 163 Å². The maximum atomic E-state index is 13.5. The minimum absolute atomic E-state index is 0.0647. The zero-order chi connectivity index (χ0) is 33.7. The Bertz CT molecular complexity index is 1410. The molecule has 0 aliphatic carbocycles. The number of hydrogen-bond donors (Lipinski definition) is 5. The van der Waals surface area contributed by atoms with Crippen LogP contribution in [0.1, 0.15) is 70.6 Å². The van der Waals surface area contributed by atoms with Crippen LogP contribution in [0.3, 0.4) is 0 Å². The van der Waals surface area contributed by atoms with Crippen molar-refractivity contribution in [3.8, 4) is 0 Å². The van der Waals surface area contributed by atoms with Gasteiger partial charge < -0.3 is 35.5 Å². The number of aliphatic carboxylic acids is 1. The molecule has 1 aliphatic rings. The molecule has 244 valence electrons. The molecule has 5 N–H and O–H groups in total. The highest BCUT2D eigenvalue weighted by atomic mass is 19.4. The lowest BCUT2D eigenvalue weighted by Crippen LogP contribution is -2.53. The second kappa shape index (κ2) is 13.9. The number of benzene rings is 2. The SMILES string of the molecule is CC(C)(C)OC(=O)NC(CCC(=O)O)C(=O)NC(CCc1ccc(C(F)(F)F)cc1)C(=O)Nc1ccc2c(c1)B(O)OC2(C)C. The van der Waals surface area contributed by atoms with Gasteiger partial charge >= 0.3 is 25.4 Å². The molecule has 2 unspecified atom stereocenters. The molecule has 0 bridgehead atoms. The van der Waals surface area contributed by atoms with E-state index in [1.807, 2.05) is 0 Å². The van der Waals surface area contributed by atoms with Gasteiger partial charge in [0, 0.05) is 12.1 Å². The Labute approximate surface area is 259 Å². The van der Waals surface area contributed by atoms with Gasteiger partial charge in [0.25, 0.3) is 0 Å². The molecule has 0 aromatic heterocycles. The van der Waals surface area contributed by atoms with E-state index in [4.69, 9.17) is 14.5 Å². The third kappa shape index (κ3) is 10.2. The number of alkyl halides is 3. The maximum Gasteiger partial charge on any atom is 0.492 e. The van der Waals surface area contributed by atoms with Gasteiger partial charge in [-0.2, -0.15) is 13.2 Å². The van der Waals surface area contributed by atoms with Crippen LogP contribution in [0.15, 0.2) is 42.5 Å². The summed E-state index contributed by atoms with van der Waals surface area (Å²) in [6.45, 7) is 8.36. The second-order valence-electron chi connectivity index (χ2n) is 12.2. The van der Waals surface area contributed by atoms with Crippen LogP contribution in [-0.4, -0.2) is 58.8 Å². The van der Waals surface area contributed by atoms with Gasteiger partial charge in [-0.15, -0.1) is 0 Å². The number of nitrogens with one attached hydrogen (secondary N) is 3. The average molecular weight is 635 g/mol. The van der Waals surface area contributed by atoms with Crippen LogP contribution in [0.25, 0.3) is 0 Å². The van der Waals surface area contributed by atoms with E-state index in [0.717, 1.165) is 17.7 Å². The van der Waals surface area contributed by atoms with E-state index in [1.165, 1.54) is 18.2 Å². The number of carbonyl (C=O) groups is 4. The van der Waals surface area contributed by atoms with Crippen molar-refractivity contribution in [2.75, 3.05) is 5.32 Å². The summed E-state index contributed by atoms with van der Waals surface area (Å²) in [6, 6.07) is 6.51. The summed E-state index contributed by atoms with van der Waals surface area (Å²) in [4.78, 5) is 50.4. The smallest absolute Gasteiger partial charge is 0.481 e. The fraction of sp³-hybridized carbons (Fsp3) is 0.467. The van der Waals surface area contributed by atoms with Gasteiger partial charge in [0.15, 0.2) is 0 Å². The lowest BCUT2D eigenvalue weighted by atomic mass is 9.78. The van der Waals surface area contributed by atoms with E-state index in [-0.39, 0.29) is 24.9 Å². The molecular formula is C30H37BF3N3O8. The van der Waals surface area contributed by atoms with E-state index < -0.39 is 72.4 Å². The van der Waals surface area contributed by atoms with Crippen LogP contribution in [0.4, 0.5) is 23.7 Å². The molecule has 15 heteroatoms. The van der Waals surface area contributed by atoms with Crippen LogP contribution < -0.4 is 21.4 Å². The standard InChI is InChI=1S/C30H37BF3N3O8/c1-28(2,3)44-27(42)37-23(14-15-24(38)39)26(41)36-22(13-8-17-6-9-18(10-7-17)30(32,33)34)25(40)35-19-11-12-20-21(16-19)31(43)45-29(20,4)5/h6-7,9-12,16,22-23,43H,8,13-15H2,1-5H3,(H,35,40)(H,36,41)(H,37,42)(H,38,39). The number of alkyl carbamates (subject to hydrolysis) is 1. The number of ether oxygens (including phenoxy) is 1. The summed E-state index contributed by atoms with van der Waals surface area (Å²) >= 11 is 0. The summed E-state index contributed by atoms with van der Waals surface area (Å²) in [5.74, 6) is -2.78.